The van der Waals surface area contributed by atoms with Crippen molar-refractivity contribution in [1.29, 1.82) is 0 Å². The van der Waals surface area contributed by atoms with Gasteiger partial charge in [-0.3, -0.25) is 9.59 Å². The molecule has 0 atom stereocenters. The van der Waals surface area contributed by atoms with Gasteiger partial charge < -0.3 is 0 Å². The van der Waals surface area contributed by atoms with Crippen molar-refractivity contribution in [3.05, 3.63) is 87.0 Å². The molecule has 5 heteroatoms. The van der Waals surface area contributed by atoms with Gasteiger partial charge in [-0.25, -0.2) is 3.96 Å². The van der Waals surface area contributed by atoms with Gasteiger partial charge in [0.1, 0.15) is 0 Å². The zero-order valence-electron chi connectivity index (χ0n) is 11.5. The third-order valence-electron chi connectivity index (χ3n) is 3.23. The number of benzene rings is 2. The summed E-state index contributed by atoms with van der Waals surface area (Å²) in [4.78, 5) is 24.9. The van der Waals surface area contributed by atoms with E-state index >= 15 is 0 Å². The molecule has 0 fully saturated rings. The van der Waals surface area contributed by atoms with Gasteiger partial charge in [0, 0.05) is 17.5 Å². The van der Waals surface area contributed by atoms with Crippen LogP contribution in [0.5, 0.6) is 0 Å². The Morgan fingerprint density at radius 1 is 1.05 bits per heavy atom. The monoisotopic (exact) mass is 329 g/mol. The van der Waals surface area contributed by atoms with E-state index < -0.39 is 0 Å². The number of rotatable bonds is 4. The Labute approximate surface area is 136 Å². The first-order chi connectivity index (χ1) is 10.7. The van der Waals surface area contributed by atoms with Gasteiger partial charge in [0.05, 0.1) is 10.6 Å². The quantitative estimate of drug-likeness (QED) is 0.538. The van der Waals surface area contributed by atoms with Crippen LogP contribution in [0.25, 0.3) is 5.69 Å². The van der Waals surface area contributed by atoms with Crippen LogP contribution in [0.4, 0.5) is 0 Å². The number of halogens is 1. The maximum atomic E-state index is 12.4. The molecular weight excluding hydrogens is 318 g/mol. The Morgan fingerprint density at radius 3 is 2.36 bits per heavy atom. The third kappa shape index (κ3) is 2.89. The van der Waals surface area contributed by atoms with Crippen molar-refractivity contribution in [1.82, 2.24) is 3.96 Å². The van der Waals surface area contributed by atoms with E-state index in [1.807, 2.05) is 30.3 Å². The van der Waals surface area contributed by atoms with Crippen molar-refractivity contribution >= 4 is 28.9 Å². The Morgan fingerprint density at radius 2 is 1.73 bits per heavy atom. The fraction of sp³-hybridized carbons (Fsp3) is 0.0588. The van der Waals surface area contributed by atoms with Crippen LogP contribution >= 0.6 is 23.1 Å². The molecular formula is C17H12ClNO2S. The second kappa shape index (κ2) is 6.30. The van der Waals surface area contributed by atoms with E-state index in [4.69, 9.17) is 11.6 Å². The Kier molecular flexibility index (Phi) is 4.22. The van der Waals surface area contributed by atoms with Gasteiger partial charge in [-0.15, -0.1) is 11.6 Å². The highest BCUT2D eigenvalue weighted by Crippen LogP contribution is 2.17. The minimum atomic E-state index is -0.206. The number of carbonyl (C=O) groups excluding carboxylic acids is 1. The average molecular weight is 330 g/mol. The second-order valence-electron chi connectivity index (χ2n) is 4.73. The maximum Gasteiger partial charge on any atom is 0.266 e. The lowest BCUT2D eigenvalue weighted by Crippen LogP contribution is -2.09. The molecule has 0 unspecified atom stereocenters. The van der Waals surface area contributed by atoms with Crippen molar-refractivity contribution in [3.63, 3.8) is 0 Å². The molecule has 2 aromatic carbocycles. The fourth-order valence-electron chi connectivity index (χ4n) is 2.08. The van der Waals surface area contributed by atoms with Gasteiger partial charge in [0.25, 0.3) is 5.56 Å². The van der Waals surface area contributed by atoms with Crippen LogP contribution in [0.1, 0.15) is 20.8 Å². The largest absolute Gasteiger partial charge is 0.288 e. The second-order valence-corrected chi connectivity index (χ2v) is 5.98. The fourth-order valence-corrected chi connectivity index (χ4v) is 3.18. The Hall–Kier alpha value is -2.17. The predicted molar refractivity (Wildman–Crippen MR) is 89.3 cm³/mol. The molecule has 22 heavy (non-hydrogen) atoms. The molecule has 0 aliphatic rings. The minimum absolute atomic E-state index is 0.140. The summed E-state index contributed by atoms with van der Waals surface area (Å²) in [6, 6.07) is 17.7. The van der Waals surface area contributed by atoms with E-state index in [-0.39, 0.29) is 11.3 Å². The summed E-state index contributed by atoms with van der Waals surface area (Å²) >= 11 is 6.91. The first-order valence-corrected chi connectivity index (χ1v) is 7.98. The van der Waals surface area contributed by atoms with Crippen molar-refractivity contribution in [2.24, 2.45) is 0 Å². The van der Waals surface area contributed by atoms with Crippen LogP contribution in [0.2, 0.25) is 0 Å². The summed E-state index contributed by atoms with van der Waals surface area (Å²) in [5, 5.41) is 0. The van der Waals surface area contributed by atoms with Gasteiger partial charge in [-0.05, 0) is 29.2 Å². The number of nitrogens with zero attached hydrogens (tertiary/aromatic N) is 1. The molecule has 0 spiro atoms. The molecule has 3 aromatic rings. The van der Waals surface area contributed by atoms with Crippen LogP contribution in [0.3, 0.4) is 0 Å². The van der Waals surface area contributed by atoms with E-state index in [1.165, 1.54) is 10.0 Å². The van der Waals surface area contributed by atoms with Gasteiger partial charge in [0.15, 0.2) is 0 Å². The van der Waals surface area contributed by atoms with Crippen molar-refractivity contribution < 1.29 is 4.79 Å². The first-order valence-electron chi connectivity index (χ1n) is 6.67. The van der Waals surface area contributed by atoms with E-state index in [0.717, 1.165) is 22.8 Å². The lowest BCUT2D eigenvalue weighted by atomic mass is 10.1. The molecule has 3 rings (SSSR count). The molecule has 3 nitrogen and oxygen atoms in total. The van der Waals surface area contributed by atoms with Crippen LogP contribution < -0.4 is 5.56 Å². The highest BCUT2D eigenvalue weighted by Gasteiger charge is 2.14. The molecule has 0 radical (unpaired) electrons. The lowest BCUT2D eigenvalue weighted by molar-refractivity contribution is 0.104. The minimum Gasteiger partial charge on any atom is -0.288 e. The number of hydrogen-bond donors (Lipinski definition) is 0. The molecule has 0 saturated heterocycles. The Bertz CT molecular complexity index is 850. The molecule has 0 N–H and O–H groups in total. The summed E-state index contributed by atoms with van der Waals surface area (Å²) < 4.78 is 1.51. The topological polar surface area (TPSA) is 39.1 Å². The summed E-state index contributed by atoms with van der Waals surface area (Å²) in [5.74, 6) is 0.288. The van der Waals surface area contributed by atoms with Gasteiger partial charge in [-0.2, -0.15) is 0 Å². The van der Waals surface area contributed by atoms with Gasteiger partial charge in [-0.1, -0.05) is 42.5 Å². The van der Waals surface area contributed by atoms with E-state index in [1.54, 1.807) is 24.3 Å². The smallest absolute Gasteiger partial charge is 0.266 e. The summed E-state index contributed by atoms with van der Waals surface area (Å²) in [5.41, 5.74) is 2.09. The SMILES string of the molecule is O=C(c1ccccc1)c1cc(=O)n(-c2ccc(CCl)cc2)s1. The number of aromatic nitrogens is 1. The Balaban J connectivity index is 1.97. The summed E-state index contributed by atoms with van der Waals surface area (Å²) in [6.07, 6.45) is 0. The zero-order chi connectivity index (χ0) is 15.5. The highest BCUT2D eigenvalue weighted by molar-refractivity contribution is 7.09. The average Bonchev–Trinajstić information content (AvgIpc) is 2.97. The summed E-state index contributed by atoms with van der Waals surface area (Å²) in [7, 11) is 0. The van der Waals surface area contributed by atoms with Crippen LogP contribution in [0, 0.1) is 0 Å². The van der Waals surface area contributed by atoms with Gasteiger partial charge in [0.2, 0.25) is 5.78 Å². The lowest BCUT2D eigenvalue weighted by Gasteiger charge is -2.01. The summed E-state index contributed by atoms with van der Waals surface area (Å²) in [6.45, 7) is 0. The van der Waals surface area contributed by atoms with Gasteiger partial charge >= 0.3 is 0 Å². The van der Waals surface area contributed by atoms with Crippen molar-refractivity contribution in [3.8, 4) is 5.69 Å². The molecule has 0 saturated carbocycles. The number of ketones is 1. The normalized spacial score (nSPS) is 10.6. The molecule has 0 bridgehead atoms. The van der Waals surface area contributed by atoms with Crippen molar-refractivity contribution in [2.45, 2.75) is 5.88 Å². The standard InChI is InChI=1S/C17H12ClNO2S/c18-11-12-6-8-14(9-7-12)19-16(20)10-15(22-19)17(21)13-4-2-1-3-5-13/h1-10H,11H2. The number of alkyl halides is 1. The van der Waals surface area contributed by atoms with E-state index in [2.05, 4.69) is 0 Å². The third-order valence-corrected chi connectivity index (χ3v) is 4.61. The molecule has 0 aliphatic carbocycles. The maximum absolute atomic E-state index is 12.4. The zero-order valence-corrected chi connectivity index (χ0v) is 13.1. The molecule has 110 valence electrons. The van der Waals surface area contributed by atoms with Crippen molar-refractivity contribution in [2.75, 3.05) is 0 Å². The number of hydrogen-bond acceptors (Lipinski definition) is 3. The van der Waals surface area contributed by atoms with E-state index in [9.17, 15) is 9.59 Å². The molecule has 1 heterocycles. The molecule has 0 amide bonds. The number of carbonyl (C=O) groups is 1. The highest BCUT2D eigenvalue weighted by atomic mass is 35.5. The van der Waals surface area contributed by atoms with Crippen LogP contribution in [-0.2, 0) is 5.88 Å². The van der Waals surface area contributed by atoms with E-state index in [0.29, 0.717) is 16.3 Å². The molecule has 1 aromatic heterocycles. The first kappa shape index (κ1) is 14.8. The van der Waals surface area contributed by atoms with Crippen LogP contribution in [-0.4, -0.2) is 9.74 Å². The predicted octanol–water partition coefficient (Wildman–Crippen LogP) is 3.87. The molecule has 0 aliphatic heterocycles. The van der Waals surface area contributed by atoms with Crippen LogP contribution in [0.15, 0.2) is 65.5 Å².